The third kappa shape index (κ3) is 5.58. The molecule has 0 atom stereocenters. The van der Waals surface area contributed by atoms with E-state index in [0.29, 0.717) is 17.8 Å². The maximum absolute atomic E-state index is 13.0. The smallest absolute Gasteiger partial charge is 0.396 e. The highest BCUT2D eigenvalue weighted by Crippen LogP contribution is 2.31. The Morgan fingerprint density at radius 1 is 1.07 bits per heavy atom. The SMILES string of the molecule is Br.Cc1ccc(-c2csc(=Nc3cccc(C(F)(F)F)c3)n2CCCO)cc1C. The second-order valence-electron chi connectivity index (χ2n) is 6.59. The van der Waals surface area contributed by atoms with Gasteiger partial charge in [-0.1, -0.05) is 18.2 Å². The van der Waals surface area contributed by atoms with Gasteiger partial charge in [-0.05, 0) is 61.2 Å². The van der Waals surface area contributed by atoms with Gasteiger partial charge in [0.1, 0.15) is 0 Å². The van der Waals surface area contributed by atoms with Gasteiger partial charge in [-0.3, -0.25) is 0 Å². The zero-order valence-corrected chi connectivity index (χ0v) is 18.6. The molecule has 0 aliphatic carbocycles. The lowest BCUT2D eigenvalue weighted by Gasteiger charge is -2.10. The average Bonchev–Trinajstić information content (AvgIpc) is 3.04. The van der Waals surface area contributed by atoms with Crippen molar-refractivity contribution in [3.05, 3.63) is 69.3 Å². The summed E-state index contributed by atoms with van der Waals surface area (Å²) in [6.07, 6.45) is -3.87. The number of aliphatic hydroxyl groups is 1. The first-order valence-electron chi connectivity index (χ1n) is 8.88. The molecule has 156 valence electrons. The first-order chi connectivity index (χ1) is 13.3. The monoisotopic (exact) mass is 486 g/mol. The number of alkyl halides is 3. The molecule has 0 aliphatic heterocycles. The van der Waals surface area contributed by atoms with Crippen molar-refractivity contribution in [2.45, 2.75) is 33.0 Å². The van der Waals surface area contributed by atoms with Crippen LogP contribution in [-0.2, 0) is 12.7 Å². The summed E-state index contributed by atoms with van der Waals surface area (Å²) in [4.78, 5) is 5.05. The number of nitrogens with zero attached hydrogens (tertiary/aromatic N) is 2. The summed E-state index contributed by atoms with van der Waals surface area (Å²) in [6.45, 7) is 4.64. The van der Waals surface area contributed by atoms with Gasteiger partial charge in [0.25, 0.3) is 0 Å². The van der Waals surface area contributed by atoms with Crippen LogP contribution in [0.25, 0.3) is 11.3 Å². The fourth-order valence-electron chi connectivity index (χ4n) is 2.86. The molecule has 0 spiro atoms. The molecule has 2 aromatic carbocycles. The highest BCUT2D eigenvalue weighted by atomic mass is 79.9. The Morgan fingerprint density at radius 2 is 1.83 bits per heavy atom. The average molecular weight is 487 g/mol. The molecule has 0 amide bonds. The van der Waals surface area contributed by atoms with Crippen LogP contribution in [0.1, 0.15) is 23.1 Å². The van der Waals surface area contributed by atoms with Crippen molar-refractivity contribution < 1.29 is 18.3 Å². The zero-order valence-electron chi connectivity index (χ0n) is 16.0. The Labute approximate surface area is 182 Å². The predicted octanol–water partition coefficient (Wildman–Crippen LogP) is 6.04. The molecule has 29 heavy (non-hydrogen) atoms. The summed E-state index contributed by atoms with van der Waals surface area (Å²) in [5.41, 5.74) is 3.83. The lowest BCUT2D eigenvalue weighted by atomic mass is 10.0. The highest BCUT2D eigenvalue weighted by Gasteiger charge is 2.30. The van der Waals surface area contributed by atoms with E-state index in [1.165, 1.54) is 23.0 Å². The van der Waals surface area contributed by atoms with Crippen molar-refractivity contribution >= 4 is 34.0 Å². The number of halogens is 4. The number of aromatic nitrogens is 1. The van der Waals surface area contributed by atoms with Crippen LogP contribution in [0.2, 0.25) is 0 Å². The molecule has 1 aromatic heterocycles. The minimum absolute atomic E-state index is 0. The number of aryl methyl sites for hydroxylation is 2. The molecule has 0 saturated heterocycles. The molecule has 8 heteroatoms. The molecule has 0 radical (unpaired) electrons. The quantitative estimate of drug-likeness (QED) is 0.468. The fraction of sp³-hybridized carbons (Fsp3) is 0.286. The van der Waals surface area contributed by atoms with E-state index in [2.05, 4.69) is 11.1 Å². The Kier molecular flexibility index (Phi) is 7.85. The van der Waals surface area contributed by atoms with E-state index in [1.54, 1.807) is 6.07 Å². The third-order valence-electron chi connectivity index (χ3n) is 4.54. The standard InChI is InChI=1S/C21H21F3N2OS.BrH/c1-14-7-8-16(11-15(14)2)19-13-28-20(26(19)9-4-10-27)25-18-6-3-5-17(12-18)21(22,23)24;/h3,5-8,11-13,27H,4,9-10H2,1-2H3;1H. The van der Waals surface area contributed by atoms with Crippen molar-refractivity contribution in [2.75, 3.05) is 6.61 Å². The molecule has 0 fully saturated rings. The molecule has 1 N–H and O–H groups in total. The Balaban J connectivity index is 0.00000300. The molecule has 0 unspecified atom stereocenters. The number of aliphatic hydroxyl groups excluding tert-OH is 1. The summed E-state index contributed by atoms with van der Waals surface area (Å²) < 4.78 is 40.9. The number of thiazole rings is 1. The van der Waals surface area contributed by atoms with Crippen LogP contribution in [0, 0.1) is 13.8 Å². The normalized spacial score (nSPS) is 12.1. The summed E-state index contributed by atoms with van der Waals surface area (Å²) in [5.74, 6) is 0. The second kappa shape index (κ2) is 9.73. The van der Waals surface area contributed by atoms with E-state index in [0.717, 1.165) is 29.0 Å². The van der Waals surface area contributed by atoms with E-state index >= 15 is 0 Å². The van der Waals surface area contributed by atoms with Crippen LogP contribution in [-0.4, -0.2) is 16.3 Å². The second-order valence-corrected chi connectivity index (χ2v) is 7.43. The van der Waals surface area contributed by atoms with Crippen LogP contribution >= 0.6 is 28.3 Å². The highest BCUT2D eigenvalue weighted by molar-refractivity contribution is 8.93. The van der Waals surface area contributed by atoms with Gasteiger partial charge in [0, 0.05) is 18.5 Å². The van der Waals surface area contributed by atoms with Crippen LogP contribution in [0.15, 0.2) is 52.8 Å². The Morgan fingerprint density at radius 3 is 2.48 bits per heavy atom. The van der Waals surface area contributed by atoms with Gasteiger partial charge in [0.15, 0.2) is 4.80 Å². The van der Waals surface area contributed by atoms with Crippen molar-refractivity contribution in [1.82, 2.24) is 4.57 Å². The lowest BCUT2D eigenvalue weighted by Crippen LogP contribution is -2.16. The summed E-state index contributed by atoms with van der Waals surface area (Å²) in [5, 5.41) is 11.2. The van der Waals surface area contributed by atoms with Crippen molar-refractivity contribution in [3.8, 4) is 11.3 Å². The molecule has 0 saturated carbocycles. The van der Waals surface area contributed by atoms with Gasteiger partial charge in [0.05, 0.1) is 16.9 Å². The van der Waals surface area contributed by atoms with E-state index in [1.807, 2.05) is 35.9 Å². The molecule has 1 heterocycles. The fourth-order valence-corrected chi connectivity index (χ4v) is 3.81. The number of benzene rings is 2. The molecular weight excluding hydrogens is 465 g/mol. The maximum Gasteiger partial charge on any atom is 0.416 e. The lowest BCUT2D eigenvalue weighted by molar-refractivity contribution is -0.137. The number of hydrogen-bond donors (Lipinski definition) is 1. The number of hydrogen-bond acceptors (Lipinski definition) is 3. The number of rotatable bonds is 5. The van der Waals surface area contributed by atoms with E-state index in [-0.39, 0.29) is 29.3 Å². The largest absolute Gasteiger partial charge is 0.416 e. The maximum atomic E-state index is 13.0. The summed E-state index contributed by atoms with van der Waals surface area (Å²) in [6, 6.07) is 11.1. The Hall–Kier alpha value is -1.90. The van der Waals surface area contributed by atoms with Crippen LogP contribution in [0.4, 0.5) is 18.9 Å². The Bertz CT molecular complexity index is 1040. The molecule has 3 rings (SSSR count). The van der Waals surface area contributed by atoms with Gasteiger partial charge in [-0.15, -0.1) is 28.3 Å². The summed E-state index contributed by atoms with van der Waals surface area (Å²) in [7, 11) is 0. The molecule has 0 aliphatic rings. The van der Waals surface area contributed by atoms with Gasteiger partial charge < -0.3 is 9.67 Å². The predicted molar refractivity (Wildman–Crippen MR) is 116 cm³/mol. The molecule has 0 bridgehead atoms. The van der Waals surface area contributed by atoms with Gasteiger partial charge in [-0.25, -0.2) is 4.99 Å². The van der Waals surface area contributed by atoms with Gasteiger partial charge in [0.2, 0.25) is 0 Å². The topological polar surface area (TPSA) is 37.5 Å². The first-order valence-corrected chi connectivity index (χ1v) is 9.76. The minimum atomic E-state index is -4.40. The van der Waals surface area contributed by atoms with E-state index < -0.39 is 11.7 Å². The summed E-state index contributed by atoms with van der Waals surface area (Å²) >= 11 is 1.37. The van der Waals surface area contributed by atoms with Crippen molar-refractivity contribution in [3.63, 3.8) is 0 Å². The zero-order chi connectivity index (χ0) is 20.3. The van der Waals surface area contributed by atoms with Crippen LogP contribution in [0.5, 0.6) is 0 Å². The van der Waals surface area contributed by atoms with Gasteiger partial charge >= 0.3 is 6.18 Å². The van der Waals surface area contributed by atoms with E-state index in [4.69, 9.17) is 0 Å². The molecule has 3 nitrogen and oxygen atoms in total. The first kappa shape index (κ1) is 23.4. The minimum Gasteiger partial charge on any atom is -0.396 e. The third-order valence-corrected chi connectivity index (χ3v) is 5.40. The van der Waals surface area contributed by atoms with Crippen molar-refractivity contribution in [2.24, 2.45) is 4.99 Å². The molecule has 3 aromatic rings. The van der Waals surface area contributed by atoms with Crippen LogP contribution in [0.3, 0.4) is 0 Å². The van der Waals surface area contributed by atoms with E-state index in [9.17, 15) is 18.3 Å². The van der Waals surface area contributed by atoms with Gasteiger partial charge in [-0.2, -0.15) is 13.2 Å². The van der Waals surface area contributed by atoms with Crippen molar-refractivity contribution in [1.29, 1.82) is 0 Å². The molecular formula is C21H22BrF3N2OS. The van der Waals surface area contributed by atoms with Crippen LogP contribution < -0.4 is 4.80 Å².